The number of hydrogen-bond donors (Lipinski definition) is 1. The minimum Gasteiger partial charge on any atom is -0.478 e. The summed E-state index contributed by atoms with van der Waals surface area (Å²) in [5.41, 5.74) is 0.277. The molecule has 0 amide bonds. The molecule has 1 N–H and O–H groups in total. The van der Waals surface area contributed by atoms with Gasteiger partial charge in [-0.15, -0.1) is 11.8 Å². The van der Waals surface area contributed by atoms with E-state index in [-0.39, 0.29) is 5.56 Å². The van der Waals surface area contributed by atoms with Crippen molar-refractivity contribution in [3.63, 3.8) is 0 Å². The van der Waals surface area contributed by atoms with Gasteiger partial charge in [0.25, 0.3) is 0 Å². The number of nitrogens with zero attached hydrogens (tertiary/aromatic N) is 1. The molecule has 0 unspecified atom stereocenters. The topological polar surface area (TPSA) is 59.4 Å². The molecule has 0 spiro atoms. The summed E-state index contributed by atoms with van der Waals surface area (Å²) >= 11 is 1.54. The van der Waals surface area contributed by atoms with Gasteiger partial charge in [-0.1, -0.05) is 0 Å². The normalized spacial score (nSPS) is 10.2. The van der Waals surface area contributed by atoms with E-state index in [4.69, 9.17) is 9.84 Å². The van der Waals surface area contributed by atoms with Crippen molar-refractivity contribution in [2.24, 2.45) is 0 Å². The molecule has 0 aliphatic rings. The summed E-state index contributed by atoms with van der Waals surface area (Å²) in [7, 11) is 1.66. The van der Waals surface area contributed by atoms with E-state index in [0.29, 0.717) is 6.61 Å². The maximum absolute atomic E-state index is 10.7. The van der Waals surface area contributed by atoms with Crippen molar-refractivity contribution in [1.29, 1.82) is 0 Å². The average molecular weight is 227 g/mol. The van der Waals surface area contributed by atoms with Crippen molar-refractivity contribution in [2.45, 2.75) is 11.4 Å². The Morgan fingerprint density at radius 2 is 2.47 bits per heavy atom. The van der Waals surface area contributed by atoms with E-state index in [1.165, 1.54) is 24.0 Å². The van der Waals surface area contributed by atoms with Gasteiger partial charge in [0, 0.05) is 25.7 Å². The second kappa shape index (κ2) is 6.42. The number of carboxylic acid groups (broad SMARTS) is 1. The zero-order chi connectivity index (χ0) is 11.1. The molecule has 1 aromatic heterocycles. The number of aromatic carboxylic acids is 1. The first-order valence-electron chi connectivity index (χ1n) is 4.55. The Morgan fingerprint density at radius 1 is 1.67 bits per heavy atom. The van der Waals surface area contributed by atoms with Gasteiger partial charge in [0.15, 0.2) is 0 Å². The second-order valence-corrected chi connectivity index (χ2v) is 4.00. The zero-order valence-corrected chi connectivity index (χ0v) is 9.29. The highest BCUT2D eigenvalue weighted by Crippen LogP contribution is 2.17. The summed E-state index contributed by atoms with van der Waals surface area (Å²) in [4.78, 5) is 14.8. The van der Waals surface area contributed by atoms with Crippen LogP contribution in [0.5, 0.6) is 0 Å². The molecular formula is C10H13NO3S. The quantitative estimate of drug-likeness (QED) is 0.594. The Morgan fingerprint density at radius 3 is 3.13 bits per heavy atom. The van der Waals surface area contributed by atoms with Crippen LogP contribution in [0.25, 0.3) is 0 Å². The highest BCUT2D eigenvalue weighted by molar-refractivity contribution is 7.99. The summed E-state index contributed by atoms with van der Waals surface area (Å²) in [6, 6.07) is 3.07. The standard InChI is InChI=1S/C10H13NO3S/c1-14-5-2-6-15-9-7-8(10(12)13)3-4-11-9/h3-4,7H,2,5-6H2,1H3,(H,12,13). The fourth-order valence-corrected chi connectivity index (χ4v) is 1.82. The summed E-state index contributed by atoms with van der Waals surface area (Å²) in [5, 5.41) is 9.50. The predicted octanol–water partition coefficient (Wildman–Crippen LogP) is 1.91. The van der Waals surface area contributed by atoms with Crippen molar-refractivity contribution in [1.82, 2.24) is 4.98 Å². The lowest BCUT2D eigenvalue weighted by Gasteiger charge is -2.01. The number of carboxylic acids is 1. The van der Waals surface area contributed by atoms with Crippen LogP contribution in [0, 0.1) is 0 Å². The van der Waals surface area contributed by atoms with Crippen LogP contribution in [0.4, 0.5) is 0 Å². The van der Waals surface area contributed by atoms with Crippen LogP contribution in [0.3, 0.4) is 0 Å². The van der Waals surface area contributed by atoms with Gasteiger partial charge in [-0.25, -0.2) is 9.78 Å². The minimum atomic E-state index is -0.920. The summed E-state index contributed by atoms with van der Waals surface area (Å²) in [6.07, 6.45) is 2.45. The zero-order valence-electron chi connectivity index (χ0n) is 8.47. The van der Waals surface area contributed by atoms with Gasteiger partial charge in [0.2, 0.25) is 0 Å². The monoisotopic (exact) mass is 227 g/mol. The number of hydrogen-bond acceptors (Lipinski definition) is 4. The lowest BCUT2D eigenvalue weighted by Crippen LogP contribution is -1.97. The predicted molar refractivity (Wildman–Crippen MR) is 58.4 cm³/mol. The molecule has 82 valence electrons. The molecule has 5 heteroatoms. The number of carbonyl (C=O) groups is 1. The molecule has 0 saturated carbocycles. The Bertz CT molecular complexity index is 330. The number of ether oxygens (including phenoxy) is 1. The molecule has 0 fully saturated rings. The van der Waals surface area contributed by atoms with E-state index >= 15 is 0 Å². The Labute approximate surface area is 92.7 Å². The van der Waals surface area contributed by atoms with Crippen LogP contribution >= 0.6 is 11.8 Å². The van der Waals surface area contributed by atoms with E-state index in [1.54, 1.807) is 13.2 Å². The van der Waals surface area contributed by atoms with Crippen LogP contribution in [0.15, 0.2) is 23.4 Å². The van der Waals surface area contributed by atoms with Crippen molar-refractivity contribution in [3.05, 3.63) is 23.9 Å². The van der Waals surface area contributed by atoms with Crippen molar-refractivity contribution in [3.8, 4) is 0 Å². The van der Waals surface area contributed by atoms with Crippen molar-refractivity contribution < 1.29 is 14.6 Å². The van der Waals surface area contributed by atoms with Gasteiger partial charge in [-0.2, -0.15) is 0 Å². The van der Waals surface area contributed by atoms with Gasteiger partial charge in [0.05, 0.1) is 10.6 Å². The molecule has 1 aromatic rings. The number of thioether (sulfide) groups is 1. The van der Waals surface area contributed by atoms with Crippen LogP contribution in [-0.4, -0.2) is 35.5 Å². The lowest BCUT2D eigenvalue weighted by molar-refractivity contribution is 0.0696. The number of pyridine rings is 1. The van der Waals surface area contributed by atoms with Gasteiger partial charge in [0.1, 0.15) is 0 Å². The van der Waals surface area contributed by atoms with Crippen molar-refractivity contribution >= 4 is 17.7 Å². The van der Waals surface area contributed by atoms with Gasteiger partial charge in [-0.05, 0) is 18.6 Å². The molecule has 0 aliphatic heterocycles. The molecule has 0 radical (unpaired) electrons. The molecule has 0 bridgehead atoms. The Hall–Kier alpha value is -1.07. The Balaban J connectivity index is 2.47. The molecule has 1 heterocycles. The van der Waals surface area contributed by atoms with E-state index in [9.17, 15) is 4.79 Å². The first kappa shape index (κ1) is 12.0. The molecular weight excluding hydrogens is 214 g/mol. The average Bonchev–Trinajstić information content (AvgIpc) is 2.25. The first-order valence-corrected chi connectivity index (χ1v) is 5.53. The molecule has 0 aromatic carbocycles. The van der Waals surface area contributed by atoms with Crippen molar-refractivity contribution in [2.75, 3.05) is 19.5 Å². The Kier molecular flexibility index (Phi) is 5.14. The van der Waals surface area contributed by atoms with E-state index < -0.39 is 5.97 Å². The smallest absolute Gasteiger partial charge is 0.335 e. The highest BCUT2D eigenvalue weighted by Gasteiger charge is 2.04. The van der Waals surface area contributed by atoms with Crippen LogP contribution in [0.1, 0.15) is 16.8 Å². The van der Waals surface area contributed by atoms with E-state index in [0.717, 1.165) is 17.2 Å². The van der Waals surface area contributed by atoms with Gasteiger partial charge >= 0.3 is 5.97 Å². The maximum Gasteiger partial charge on any atom is 0.335 e. The molecule has 1 rings (SSSR count). The third-order valence-corrected chi connectivity index (χ3v) is 2.74. The number of aromatic nitrogens is 1. The lowest BCUT2D eigenvalue weighted by atomic mass is 10.3. The molecule has 0 saturated heterocycles. The first-order chi connectivity index (χ1) is 7.24. The fourth-order valence-electron chi connectivity index (χ4n) is 1.00. The van der Waals surface area contributed by atoms with E-state index in [1.807, 2.05) is 0 Å². The largest absolute Gasteiger partial charge is 0.478 e. The minimum absolute atomic E-state index is 0.277. The third-order valence-electron chi connectivity index (χ3n) is 1.72. The van der Waals surface area contributed by atoms with Crippen LogP contribution in [0.2, 0.25) is 0 Å². The van der Waals surface area contributed by atoms with E-state index in [2.05, 4.69) is 4.98 Å². The molecule has 15 heavy (non-hydrogen) atoms. The van der Waals surface area contributed by atoms with Gasteiger partial charge < -0.3 is 9.84 Å². The van der Waals surface area contributed by atoms with Gasteiger partial charge in [-0.3, -0.25) is 0 Å². The summed E-state index contributed by atoms with van der Waals surface area (Å²) < 4.78 is 4.91. The summed E-state index contributed by atoms with van der Waals surface area (Å²) in [5.74, 6) is -0.0414. The number of rotatable bonds is 6. The fraction of sp³-hybridized carbons (Fsp3) is 0.400. The second-order valence-electron chi connectivity index (χ2n) is 2.88. The maximum atomic E-state index is 10.7. The van der Waals surface area contributed by atoms with Crippen LogP contribution < -0.4 is 0 Å². The molecule has 4 nitrogen and oxygen atoms in total. The van der Waals surface area contributed by atoms with Crippen LogP contribution in [-0.2, 0) is 4.74 Å². The third kappa shape index (κ3) is 4.31. The summed E-state index contributed by atoms with van der Waals surface area (Å²) in [6.45, 7) is 0.714. The molecule has 0 atom stereocenters. The SMILES string of the molecule is COCCCSc1cc(C(=O)O)ccn1. The highest BCUT2D eigenvalue weighted by atomic mass is 32.2. The number of methoxy groups -OCH3 is 1. The molecule has 0 aliphatic carbocycles.